The normalized spacial score (nSPS) is 22.2. The second kappa shape index (κ2) is 6.15. The van der Waals surface area contributed by atoms with Crippen LogP contribution in [0.2, 0.25) is 0 Å². The van der Waals surface area contributed by atoms with Gasteiger partial charge in [0, 0.05) is 6.61 Å². The molecule has 2 aliphatic rings. The molecule has 5 heteroatoms. The van der Waals surface area contributed by atoms with E-state index in [4.69, 9.17) is 14.7 Å². The van der Waals surface area contributed by atoms with Gasteiger partial charge in [0.05, 0.1) is 37.2 Å². The van der Waals surface area contributed by atoms with Crippen molar-refractivity contribution in [1.82, 2.24) is 4.90 Å². The number of rotatable bonds is 3. The minimum absolute atomic E-state index is 0.0228. The van der Waals surface area contributed by atoms with E-state index in [1.165, 1.54) is 0 Å². The molecule has 0 unspecified atom stereocenters. The summed E-state index contributed by atoms with van der Waals surface area (Å²) in [5.74, 6) is 0.955. The van der Waals surface area contributed by atoms with Gasteiger partial charge in [-0.25, -0.2) is 0 Å². The number of carbonyl (C=O) groups excluding carboxylic acids is 1. The molecule has 2 fully saturated rings. The summed E-state index contributed by atoms with van der Waals surface area (Å²) in [6, 6.07) is 9.12. The summed E-state index contributed by atoms with van der Waals surface area (Å²) in [7, 11) is 0. The molecule has 0 aliphatic carbocycles. The maximum atomic E-state index is 12.2. The minimum atomic E-state index is 0.0228. The smallest absolute Gasteiger partial charge is 0.228 e. The van der Waals surface area contributed by atoms with Crippen LogP contribution in [0.15, 0.2) is 24.3 Å². The topological polar surface area (TPSA) is 62.6 Å². The van der Waals surface area contributed by atoms with Gasteiger partial charge >= 0.3 is 0 Å². The Labute approximate surface area is 124 Å². The van der Waals surface area contributed by atoms with Crippen molar-refractivity contribution in [2.45, 2.75) is 18.9 Å². The number of nitriles is 1. The van der Waals surface area contributed by atoms with E-state index in [-0.39, 0.29) is 17.9 Å². The van der Waals surface area contributed by atoms with Crippen molar-refractivity contribution in [3.8, 4) is 11.8 Å². The molecule has 110 valence electrons. The standard InChI is InChI=1S/C16H18N2O3/c17-8-12-3-5-14(6-4-12)21-15-9-18(10-15)16(19)13-2-1-7-20-11-13/h3-6,13,15H,1-2,7,9-11H2/t13-/m1/s1. The Balaban J connectivity index is 1.46. The number of likely N-dealkylation sites (tertiary alicyclic amines) is 1. The number of hydrogen-bond donors (Lipinski definition) is 0. The number of amides is 1. The molecule has 1 aromatic rings. The quantitative estimate of drug-likeness (QED) is 0.846. The molecule has 1 amide bonds. The summed E-state index contributed by atoms with van der Waals surface area (Å²) in [5, 5.41) is 8.74. The fourth-order valence-corrected chi connectivity index (χ4v) is 2.69. The van der Waals surface area contributed by atoms with Crippen LogP contribution in [0.3, 0.4) is 0 Å². The molecule has 0 saturated carbocycles. The van der Waals surface area contributed by atoms with Gasteiger partial charge in [0.2, 0.25) is 5.91 Å². The van der Waals surface area contributed by atoms with Gasteiger partial charge in [-0.3, -0.25) is 4.79 Å². The van der Waals surface area contributed by atoms with Crippen molar-refractivity contribution in [2.75, 3.05) is 26.3 Å². The van der Waals surface area contributed by atoms with Crippen LogP contribution in [0.1, 0.15) is 18.4 Å². The average molecular weight is 286 g/mol. The molecule has 5 nitrogen and oxygen atoms in total. The number of ether oxygens (including phenoxy) is 2. The molecule has 0 spiro atoms. The lowest BCUT2D eigenvalue weighted by Crippen LogP contribution is -2.58. The molecule has 2 saturated heterocycles. The zero-order chi connectivity index (χ0) is 14.7. The first-order chi connectivity index (χ1) is 10.3. The highest BCUT2D eigenvalue weighted by molar-refractivity contribution is 5.80. The zero-order valence-electron chi connectivity index (χ0n) is 11.8. The first kappa shape index (κ1) is 13.9. The van der Waals surface area contributed by atoms with Crippen LogP contribution >= 0.6 is 0 Å². The van der Waals surface area contributed by atoms with E-state index in [0.717, 1.165) is 25.2 Å². The van der Waals surface area contributed by atoms with Crippen LogP contribution in [-0.4, -0.2) is 43.2 Å². The van der Waals surface area contributed by atoms with E-state index in [2.05, 4.69) is 6.07 Å². The van der Waals surface area contributed by atoms with E-state index in [0.29, 0.717) is 25.3 Å². The third-order valence-electron chi connectivity index (χ3n) is 3.96. The van der Waals surface area contributed by atoms with Crippen molar-refractivity contribution in [3.05, 3.63) is 29.8 Å². The molecule has 0 aromatic heterocycles. The van der Waals surface area contributed by atoms with Gasteiger partial charge in [-0.1, -0.05) is 0 Å². The molecule has 21 heavy (non-hydrogen) atoms. The highest BCUT2D eigenvalue weighted by atomic mass is 16.5. The fourth-order valence-electron chi connectivity index (χ4n) is 2.69. The van der Waals surface area contributed by atoms with E-state index < -0.39 is 0 Å². The van der Waals surface area contributed by atoms with Gasteiger partial charge in [0.1, 0.15) is 11.9 Å². The molecule has 2 heterocycles. The Bertz CT molecular complexity index is 538. The van der Waals surface area contributed by atoms with Crippen LogP contribution in [-0.2, 0) is 9.53 Å². The third-order valence-corrected chi connectivity index (χ3v) is 3.96. The summed E-state index contributed by atoms with van der Waals surface area (Å²) in [4.78, 5) is 14.1. The molecule has 3 rings (SSSR count). The number of nitrogens with zero attached hydrogens (tertiary/aromatic N) is 2. The summed E-state index contributed by atoms with van der Waals surface area (Å²) in [6.07, 6.45) is 1.94. The summed E-state index contributed by atoms with van der Waals surface area (Å²) in [6.45, 7) is 2.59. The van der Waals surface area contributed by atoms with Gasteiger partial charge in [0.25, 0.3) is 0 Å². The summed E-state index contributed by atoms with van der Waals surface area (Å²) in [5.41, 5.74) is 0.616. The van der Waals surface area contributed by atoms with Crippen molar-refractivity contribution in [1.29, 1.82) is 5.26 Å². The molecule has 1 aromatic carbocycles. The van der Waals surface area contributed by atoms with Crippen LogP contribution in [0.5, 0.6) is 5.75 Å². The largest absolute Gasteiger partial charge is 0.487 e. The highest BCUT2D eigenvalue weighted by Crippen LogP contribution is 2.23. The van der Waals surface area contributed by atoms with Gasteiger partial charge < -0.3 is 14.4 Å². The van der Waals surface area contributed by atoms with Crippen LogP contribution < -0.4 is 4.74 Å². The summed E-state index contributed by atoms with van der Waals surface area (Å²) >= 11 is 0. The van der Waals surface area contributed by atoms with E-state index in [1.54, 1.807) is 24.3 Å². The SMILES string of the molecule is N#Cc1ccc(OC2CN(C(=O)[C@@H]3CCCOC3)C2)cc1. The van der Waals surface area contributed by atoms with Gasteiger partial charge in [0.15, 0.2) is 0 Å². The fraction of sp³-hybridized carbons (Fsp3) is 0.500. The number of carbonyl (C=O) groups is 1. The summed E-state index contributed by atoms with van der Waals surface area (Å²) < 4.78 is 11.1. The first-order valence-corrected chi connectivity index (χ1v) is 7.29. The van der Waals surface area contributed by atoms with Gasteiger partial charge in [-0.2, -0.15) is 5.26 Å². The average Bonchev–Trinajstić information content (AvgIpc) is 2.51. The minimum Gasteiger partial charge on any atom is -0.487 e. The van der Waals surface area contributed by atoms with Gasteiger partial charge in [-0.05, 0) is 37.1 Å². The molecular weight excluding hydrogens is 268 g/mol. The van der Waals surface area contributed by atoms with Crippen molar-refractivity contribution < 1.29 is 14.3 Å². The first-order valence-electron chi connectivity index (χ1n) is 7.29. The lowest BCUT2D eigenvalue weighted by molar-refractivity contribution is -0.148. The maximum Gasteiger partial charge on any atom is 0.228 e. The van der Waals surface area contributed by atoms with E-state index in [9.17, 15) is 4.79 Å². The van der Waals surface area contributed by atoms with Crippen molar-refractivity contribution in [3.63, 3.8) is 0 Å². The molecule has 2 aliphatic heterocycles. The second-order valence-corrected chi connectivity index (χ2v) is 5.53. The van der Waals surface area contributed by atoms with Crippen molar-refractivity contribution >= 4 is 5.91 Å². The Morgan fingerprint density at radius 3 is 2.71 bits per heavy atom. The third kappa shape index (κ3) is 3.17. The predicted molar refractivity (Wildman–Crippen MR) is 75.7 cm³/mol. The highest BCUT2D eigenvalue weighted by Gasteiger charge is 2.36. The predicted octanol–water partition coefficient (Wildman–Crippen LogP) is 1.57. The van der Waals surface area contributed by atoms with Crippen LogP contribution in [0.4, 0.5) is 0 Å². The number of benzene rings is 1. The lowest BCUT2D eigenvalue weighted by Gasteiger charge is -2.41. The second-order valence-electron chi connectivity index (χ2n) is 5.53. The Hall–Kier alpha value is -2.06. The molecule has 0 N–H and O–H groups in total. The molecular formula is C16H18N2O3. The molecule has 1 atom stereocenters. The molecule has 0 bridgehead atoms. The van der Waals surface area contributed by atoms with E-state index >= 15 is 0 Å². The Morgan fingerprint density at radius 2 is 2.10 bits per heavy atom. The number of hydrogen-bond acceptors (Lipinski definition) is 4. The van der Waals surface area contributed by atoms with Crippen LogP contribution in [0, 0.1) is 17.2 Å². The monoisotopic (exact) mass is 286 g/mol. The zero-order valence-corrected chi connectivity index (χ0v) is 11.8. The van der Waals surface area contributed by atoms with E-state index in [1.807, 2.05) is 4.90 Å². The maximum absolute atomic E-state index is 12.2. The van der Waals surface area contributed by atoms with Crippen LogP contribution in [0.25, 0.3) is 0 Å². The molecule has 0 radical (unpaired) electrons. The lowest BCUT2D eigenvalue weighted by atomic mass is 9.98. The Morgan fingerprint density at radius 1 is 1.33 bits per heavy atom. The van der Waals surface area contributed by atoms with Gasteiger partial charge in [-0.15, -0.1) is 0 Å². The van der Waals surface area contributed by atoms with Crippen molar-refractivity contribution in [2.24, 2.45) is 5.92 Å². The Kier molecular flexibility index (Phi) is 4.07.